The number of anilines is 2. The molecule has 0 radical (unpaired) electrons. The number of benzene rings is 2. The first-order chi connectivity index (χ1) is 16.2. The van der Waals surface area contributed by atoms with Gasteiger partial charge in [-0.3, -0.25) is 0 Å². The lowest BCUT2D eigenvalue weighted by Gasteiger charge is -2.46. The summed E-state index contributed by atoms with van der Waals surface area (Å²) in [5.41, 5.74) is 4.82. The Bertz CT molecular complexity index is 1080. The molecule has 0 saturated carbocycles. The average molecular weight is 495 g/mol. The van der Waals surface area contributed by atoms with Crippen LogP contribution in [-0.2, 0) is 10.9 Å². The lowest BCUT2D eigenvalue weighted by Crippen LogP contribution is -2.68. The fourth-order valence-corrected chi connectivity index (χ4v) is 3.46. The molecule has 1 aliphatic rings. The topological polar surface area (TPSA) is 129 Å². The normalized spacial score (nSPS) is 15.9. The molecule has 0 aliphatic carbocycles. The Kier molecular flexibility index (Phi) is 7.18. The van der Waals surface area contributed by atoms with Crippen LogP contribution in [0.5, 0.6) is 0 Å². The third-order valence-corrected chi connectivity index (χ3v) is 5.01. The van der Waals surface area contributed by atoms with E-state index in [1.165, 1.54) is 17.0 Å². The van der Waals surface area contributed by atoms with Gasteiger partial charge in [-0.1, -0.05) is 12.1 Å². The summed E-state index contributed by atoms with van der Waals surface area (Å²) < 4.78 is 43.7. The van der Waals surface area contributed by atoms with Gasteiger partial charge < -0.3 is 25.8 Å². The molecule has 12 heteroatoms. The van der Waals surface area contributed by atoms with Crippen LogP contribution in [0.15, 0.2) is 53.6 Å². The van der Waals surface area contributed by atoms with Crippen molar-refractivity contribution in [2.45, 2.75) is 38.1 Å². The smallest absolute Gasteiger partial charge is 0.416 e. The summed E-state index contributed by atoms with van der Waals surface area (Å²) >= 11 is 0. The molecule has 0 bridgehead atoms. The minimum atomic E-state index is -4.42. The quantitative estimate of drug-likeness (QED) is 0.210. The number of para-hydroxylation sites is 1. The second-order valence-corrected chi connectivity index (χ2v) is 9.39. The fourth-order valence-electron chi connectivity index (χ4n) is 3.46. The zero-order chi connectivity index (χ0) is 26.0. The first-order valence-electron chi connectivity index (χ1n) is 10.8. The van der Waals surface area contributed by atoms with Crippen LogP contribution in [0, 0.1) is 0 Å². The van der Waals surface area contributed by atoms with Crippen molar-refractivity contribution < 1.29 is 27.8 Å². The Hall–Kier alpha value is -3.51. The highest BCUT2D eigenvalue weighted by Crippen LogP contribution is 2.31. The van der Waals surface area contributed by atoms with Crippen LogP contribution < -0.4 is 16.9 Å². The number of nitrogens with two attached hydrogens (primary N) is 2. The van der Waals surface area contributed by atoms with E-state index in [2.05, 4.69) is 10.4 Å². The summed E-state index contributed by atoms with van der Waals surface area (Å²) in [5.74, 6) is 5.96. The molecule has 1 aliphatic heterocycles. The highest BCUT2D eigenvalue weighted by molar-refractivity contribution is 6.02. The number of hydrazone groups is 1. The van der Waals surface area contributed by atoms with Gasteiger partial charge in [-0.2, -0.15) is 13.2 Å². The number of hydrazine groups is 1. The first kappa shape index (κ1) is 26.1. The van der Waals surface area contributed by atoms with Crippen LogP contribution in [0.25, 0.3) is 0 Å². The molecule has 9 nitrogen and oxygen atoms in total. The largest absolute Gasteiger partial charge is 0.444 e. The van der Waals surface area contributed by atoms with Crippen LogP contribution in [0.1, 0.15) is 31.9 Å². The maximum atomic E-state index is 12.8. The number of aliphatic hydroxyl groups is 1. The standard InChI is InChI=1S/C23H29F3N6O3/c1-21(2,3)35-20(33)31-12-22(34,13-31)14-32(28)30-19(27)17-6-4-5-7-18(17)29-16-10-8-15(9-11-16)23(24,25)26/h4-11,29,34H,12-14,28H2,1-3H3,(H2,27,30). The number of β-amino-alcohol motifs (C(OH)–C–C–N with tert-alkyl or cyclic N) is 1. The Morgan fingerprint density at radius 3 is 2.34 bits per heavy atom. The molecule has 3 rings (SSSR count). The fraction of sp³-hybridized carbons (Fsp3) is 0.391. The van der Waals surface area contributed by atoms with Crippen molar-refractivity contribution in [3.05, 3.63) is 59.7 Å². The van der Waals surface area contributed by atoms with E-state index in [-0.39, 0.29) is 25.5 Å². The van der Waals surface area contributed by atoms with E-state index in [0.29, 0.717) is 16.9 Å². The second kappa shape index (κ2) is 9.62. The van der Waals surface area contributed by atoms with Gasteiger partial charge in [-0.15, -0.1) is 5.10 Å². The minimum absolute atomic E-state index is 0.0226. The molecular formula is C23H29F3N6O3. The monoisotopic (exact) mass is 494 g/mol. The zero-order valence-corrected chi connectivity index (χ0v) is 19.6. The van der Waals surface area contributed by atoms with Crippen molar-refractivity contribution in [3.8, 4) is 0 Å². The maximum absolute atomic E-state index is 12.8. The molecule has 1 saturated heterocycles. The Morgan fingerprint density at radius 2 is 1.77 bits per heavy atom. The number of halogens is 3. The van der Waals surface area contributed by atoms with E-state index >= 15 is 0 Å². The molecule has 0 atom stereocenters. The summed E-state index contributed by atoms with van der Waals surface area (Å²) in [5, 5.41) is 18.8. The highest BCUT2D eigenvalue weighted by Gasteiger charge is 2.46. The number of carbonyl (C=O) groups is 1. The van der Waals surface area contributed by atoms with Crippen LogP contribution in [0.2, 0.25) is 0 Å². The van der Waals surface area contributed by atoms with E-state index in [1.54, 1.807) is 45.0 Å². The van der Waals surface area contributed by atoms with Gasteiger partial charge in [0.25, 0.3) is 0 Å². The van der Waals surface area contributed by atoms with Crippen LogP contribution in [-0.4, -0.2) is 57.9 Å². The summed E-state index contributed by atoms with van der Waals surface area (Å²) in [7, 11) is 0. The van der Waals surface area contributed by atoms with Gasteiger partial charge in [0.05, 0.1) is 25.2 Å². The number of ether oxygens (including phenoxy) is 1. The number of hydrogen-bond donors (Lipinski definition) is 4. The average Bonchev–Trinajstić information content (AvgIpc) is 2.70. The van der Waals surface area contributed by atoms with Gasteiger partial charge >= 0.3 is 12.3 Å². The zero-order valence-electron chi connectivity index (χ0n) is 19.6. The lowest BCUT2D eigenvalue weighted by atomic mass is 9.95. The van der Waals surface area contributed by atoms with E-state index in [9.17, 15) is 23.1 Å². The number of alkyl halides is 3. The van der Waals surface area contributed by atoms with Crippen LogP contribution in [0.4, 0.5) is 29.3 Å². The van der Waals surface area contributed by atoms with Crippen molar-refractivity contribution in [1.82, 2.24) is 10.0 Å². The van der Waals surface area contributed by atoms with Gasteiger partial charge in [0.15, 0.2) is 5.84 Å². The van der Waals surface area contributed by atoms with Crippen LogP contribution >= 0.6 is 0 Å². The summed E-state index contributed by atoms with van der Waals surface area (Å²) in [4.78, 5) is 13.4. The van der Waals surface area contributed by atoms with Crippen molar-refractivity contribution in [1.29, 1.82) is 0 Å². The number of amides is 1. The molecule has 0 unspecified atom stereocenters. The Labute approximate surface area is 201 Å². The molecule has 2 aromatic carbocycles. The molecule has 0 spiro atoms. The first-order valence-corrected chi connectivity index (χ1v) is 10.8. The van der Waals surface area contributed by atoms with E-state index < -0.39 is 29.0 Å². The summed E-state index contributed by atoms with van der Waals surface area (Å²) in [6, 6.07) is 11.4. The van der Waals surface area contributed by atoms with Gasteiger partial charge in [-0.05, 0) is 57.2 Å². The Balaban J connectivity index is 1.64. The van der Waals surface area contributed by atoms with E-state index in [1.807, 2.05) is 0 Å². The number of carbonyl (C=O) groups excluding carboxylic acids is 1. The predicted molar refractivity (Wildman–Crippen MR) is 126 cm³/mol. The van der Waals surface area contributed by atoms with Gasteiger partial charge in [0, 0.05) is 16.9 Å². The van der Waals surface area contributed by atoms with Crippen molar-refractivity contribution in [2.75, 3.05) is 25.0 Å². The molecule has 1 amide bonds. The number of nitrogens with one attached hydrogen (secondary N) is 1. The molecule has 6 N–H and O–H groups in total. The molecule has 35 heavy (non-hydrogen) atoms. The molecule has 2 aromatic rings. The van der Waals surface area contributed by atoms with Crippen LogP contribution in [0.3, 0.4) is 0 Å². The minimum Gasteiger partial charge on any atom is -0.444 e. The Morgan fingerprint density at radius 1 is 1.17 bits per heavy atom. The number of hydrogen-bond acceptors (Lipinski definition) is 7. The second-order valence-electron chi connectivity index (χ2n) is 9.39. The predicted octanol–water partition coefficient (Wildman–Crippen LogP) is 3.23. The third-order valence-electron chi connectivity index (χ3n) is 5.01. The van der Waals surface area contributed by atoms with Gasteiger partial charge in [-0.25, -0.2) is 15.8 Å². The molecular weight excluding hydrogens is 465 g/mol. The van der Waals surface area contributed by atoms with Gasteiger partial charge in [0.2, 0.25) is 0 Å². The molecule has 1 fully saturated rings. The molecule has 1 heterocycles. The molecule has 0 aromatic heterocycles. The third kappa shape index (κ3) is 6.99. The van der Waals surface area contributed by atoms with Crippen molar-refractivity contribution in [3.63, 3.8) is 0 Å². The highest BCUT2D eigenvalue weighted by atomic mass is 19.4. The van der Waals surface area contributed by atoms with Gasteiger partial charge in [0.1, 0.15) is 11.2 Å². The SMILES string of the molecule is CC(C)(C)OC(=O)N1CC(O)(CN(N)/N=C(\N)c2ccccc2Nc2ccc(C(F)(F)F)cc2)C1. The lowest BCUT2D eigenvalue weighted by molar-refractivity contribution is -0.137. The number of amidine groups is 1. The maximum Gasteiger partial charge on any atom is 0.416 e. The number of rotatable bonds is 6. The van der Waals surface area contributed by atoms with E-state index in [0.717, 1.165) is 17.3 Å². The number of likely N-dealkylation sites (tertiary alicyclic amines) is 1. The number of nitrogens with zero attached hydrogens (tertiary/aromatic N) is 3. The van der Waals surface area contributed by atoms with Crippen molar-refractivity contribution in [2.24, 2.45) is 16.7 Å². The van der Waals surface area contributed by atoms with E-state index in [4.69, 9.17) is 16.3 Å². The summed E-state index contributed by atoms with van der Waals surface area (Å²) in [6.45, 7) is 5.20. The summed E-state index contributed by atoms with van der Waals surface area (Å²) in [6.07, 6.45) is -4.95. The van der Waals surface area contributed by atoms with Crippen molar-refractivity contribution >= 4 is 23.3 Å². The molecule has 190 valence electrons.